The van der Waals surface area contributed by atoms with Crippen LogP contribution in [0.15, 0.2) is 109 Å². The van der Waals surface area contributed by atoms with Crippen molar-refractivity contribution in [2.24, 2.45) is 0 Å². The van der Waals surface area contributed by atoms with E-state index in [0.29, 0.717) is 0 Å². The highest BCUT2D eigenvalue weighted by Crippen LogP contribution is 2.40. The van der Waals surface area contributed by atoms with Crippen LogP contribution >= 0.6 is 0 Å². The largest absolute Gasteiger partial charge is 0.495 e. The van der Waals surface area contributed by atoms with Gasteiger partial charge in [-0.2, -0.15) is 0 Å². The maximum Gasteiger partial charge on any atom is 0.143 e. The summed E-state index contributed by atoms with van der Waals surface area (Å²) in [6.07, 6.45) is 0. The predicted molar refractivity (Wildman–Crippen MR) is 168 cm³/mol. The lowest BCUT2D eigenvalue weighted by molar-refractivity contribution is 0.282. The van der Waals surface area contributed by atoms with Crippen LogP contribution in [0.2, 0.25) is 0 Å². The van der Waals surface area contributed by atoms with Crippen LogP contribution in [-0.2, 0) is 6.61 Å². The summed E-state index contributed by atoms with van der Waals surface area (Å²) >= 11 is 0. The quantitative estimate of drug-likeness (QED) is 0.218. The number of benzene rings is 5. The molecule has 0 heterocycles. The second kappa shape index (κ2) is 11.7. The highest BCUT2D eigenvalue weighted by Gasteiger charge is 2.18. The van der Waals surface area contributed by atoms with Crippen LogP contribution in [-0.4, -0.2) is 19.3 Å². The average Bonchev–Trinajstić information content (AvgIpc) is 2.99. The molecule has 0 aliphatic rings. The Morgan fingerprint density at radius 3 is 1.50 bits per heavy atom. The molecule has 1 N–H and O–H groups in total. The molecule has 5 aromatic rings. The van der Waals surface area contributed by atoms with E-state index >= 15 is 0 Å². The van der Waals surface area contributed by atoms with Gasteiger partial charge in [-0.1, -0.05) is 65.2 Å². The topological polar surface area (TPSA) is 35.9 Å². The zero-order chi connectivity index (χ0) is 28.2. The molecule has 202 valence electrons. The summed E-state index contributed by atoms with van der Waals surface area (Å²) in [5.74, 6) is 0.788. The van der Waals surface area contributed by atoms with Crippen molar-refractivity contribution in [3.63, 3.8) is 0 Å². The van der Waals surface area contributed by atoms with Gasteiger partial charge >= 0.3 is 0 Å². The fourth-order valence-electron chi connectivity index (χ4n) is 4.97. The molecule has 0 radical (unpaired) electrons. The lowest BCUT2D eigenvalue weighted by Gasteiger charge is -2.28. The number of hydrogen-bond acceptors (Lipinski definition) is 4. The minimum atomic E-state index is -0.0806. The molecule has 4 nitrogen and oxygen atoms in total. The maximum absolute atomic E-state index is 10.5. The van der Waals surface area contributed by atoms with E-state index in [0.717, 1.165) is 50.9 Å². The van der Waals surface area contributed by atoms with Crippen LogP contribution in [0.25, 0.3) is 11.1 Å². The number of methoxy groups -OCH3 is 1. The molecule has 0 saturated carbocycles. The molecule has 0 fully saturated rings. The third-order valence-corrected chi connectivity index (χ3v) is 7.37. The van der Waals surface area contributed by atoms with Gasteiger partial charge in [0.2, 0.25) is 0 Å². The minimum Gasteiger partial charge on any atom is -0.495 e. The molecular weight excluding hydrogens is 492 g/mol. The van der Waals surface area contributed by atoms with E-state index in [4.69, 9.17) is 4.74 Å². The fraction of sp³-hybridized carbons (Fsp3) is 0.167. The summed E-state index contributed by atoms with van der Waals surface area (Å²) in [7, 11) is 3.75. The van der Waals surface area contributed by atoms with Crippen LogP contribution in [0, 0.1) is 20.8 Å². The normalized spacial score (nSPS) is 10.8. The number of anilines is 5. The van der Waals surface area contributed by atoms with Crippen molar-refractivity contribution in [3.05, 3.63) is 131 Å². The molecule has 5 rings (SSSR count). The monoisotopic (exact) mass is 528 g/mol. The van der Waals surface area contributed by atoms with Crippen LogP contribution in [0.5, 0.6) is 5.75 Å². The fourth-order valence-corrected chi connectivity index (χ4v) is 4.97. The van der Waals surface area contributed by atoms with E-state index in [2.05, 4.69) is 140 Å². The third-order valence-electron chi connectivity index (χ3n) is 7.37. The third kappa shape index (κ3) is 5.58. The Morgan fingerprint density at radius 1 is 0.575 bits per heavy atom. The Hall–Kier alpha value is -4.54. The van der Waals surface area contributed by atoms with Crippen LogP contribution < -0.4 is 14.5 Å². The van der Waals surface area contributed by atoms with Crippen molar-refractivity contribution in [3.8, 4) is 16.9 Å². The SMILES string of the molecule is COc1cc(-c2ccc(N(c3ccc(C)cc3)c3ccc(C)cc3)c(CO)c2)ccc1N(C)c1ccc(C)cc1. The Balaban J connectivity index is 1.54. The molecule has 0 bridgehead atoms. The van der Waals surface area contributed by atoms with Gasteiger partial charge in [0.05, 0.1) is 25.1 Å². The molecule has 0 atom stereocenters. The average molecular weight is 529 g/mol. The van der Waals surface area contributed by atoms with Crippen molar-refractivity contribution in [2.75, 3.05) is 24.0 Å². The van der Waals surface area contributed by atoms with E-state index in [9.17, 15) is 5.11 Å². The van der Waals surface area contributed by atoms with Crippen LogP contribution in [0.1, 0.15) is 22.3 Å². The molecule has 0 aromatic heterocycles. The summed E-state index contributed by atoms with van der Waals surface area (Å²) < 4.78 is 5.83. The minimum absolute atomic E-state index is 0.0806. The number of aryl methyl sites for hydroxylation is 3. The first-order valence-corrected chi connectivity index (χ1v) is 13.5. The van der Waals surface area contributed by atoms with Gasteiger partial charge in [0.25, 0.3) is 0 Å². The Kier molecular flexibility index (Phi) is 7.90. The van der Waals surface area contributed by atoms with E-state index in [1.165, 1.54) is 16.7 Å². The molecule has 0 saturated heterocycles. The Labute approximate surface area is 237 Å². The Morgan fingerprint density at radius 2 is 1.02 bits per heavy atom. The van der Waals surface area contributed by atoms with Crippen LogP contribution in [0.3, 0.4) is 0 Å². The van der Waals surface area contributed by atoms with E-state index in [1.807, 2.05) is 7.05 Å². The molecular formula is C36H36N2O2. The molecule has 5 aromatic carbocycles. The highest BCUT2D eigenvalue weighted by atomic mass is 16.5. The second-order valence-electron chi connectivity index (χ2n) is 10.3. The van der Waals surface area contributed by atoms with Gasteiger partial charge in [0, 0.05) is 29.7 Å². The second-order valence-corrected chi connectivity index (χ2v) is 10.3. The van der Waals surface area contributed by atoms with Gasteiger partial charge in [0.15, 0.2) is 0 Å². The Bertz CT molecular complexity index is 1550. The first-order valence-electron chi connectivity index (χ1n) is 13.5. The number of nitrogens with zero attached hydrogens (tertiary/aromatic N) is 2. The van der Waals surface area contributed by atoms with Gasteiger partial charge in [-0.05, 0) is 92.6 Å². The summed E-state index contributed by atoms with van der Waals surface area (Å²) in [6.45, 7) is 6.19. The standard InChI is InChI=1S/C36H36N2O2/c1-25-6-14-31(15-7-25)37(4)35-21-13-29(23-36(35)40-5)28-12-20-34(30(22-28)24-39)38(32-16-8-26(2)9-17-32)33-18-10-27(3)11-19-33/h6-23,39H,24H2,1-5H3. The molecule has 0 aliphatic carbocycles. The van der Waals surface area contributed by atoms with E-state index < -0.39 is 0 Å². The molecule has 4 heteroatoms. The first-order chi connectivity index (χ1) is 19.4. The zero-order valence-electron chi connectivity index (χ0n) is 23.8. The van der Waals surface area contributed by atoms with E-state index in [1.54, 1.807) is 7.11 Å². The van der Waals surface area contributed by atoms with Gasteiger partial charge in [0.1, 0.15) is 5.75 Å². The molecule has 0 spiro atoms. The summed E-state index contributed by atoms with van der Waals surface area (Å²) in [5.41, 5.74) is 11.6. The van der Waals surface area contributed by atoms with Crippen molar-refractivity contribution in [1.29, 1.82) is 0 Å². The van der Waals surface area contributed by atoms with E-state index in [-0.39, 0.29) is 6.61 Å². The number of aliphatic hydroxyl groups is 1. The molecule has 0 amide bonds. The lowest BCUT2D eigenvalue weighted by atomic mass is 9.99. The lowest BCUT2D eigenvalue weighted by Crippen LogP contribution is -2.12. The number of hydrogen-bond donors (Lipinski definition) is 1. The van der Waals surface area contributed by atoms with Crippen molar-refractivity contribution >= 4 is 28.4 Å². The van der Waals surface area contributed by atoms with Crippen molar-refractivity contribution < 1.29 is 9.84 Å². The zero-order valence-corrected chi connectivity index (χ0v) is 23.8. The smallest absolute Gasteiger partial charge is 0.143 e. The van der Waals surface area contributed by atoms with Crippen LogP contribution in [0.4, 0.5) is 28.4 Å². The molecule has 40 heavy (non-hydrogen) atoms. The van der Waals surface area contributed by atoms with Gasteiger partial charge in [-0.25, -0.2) is 0 Å². The molecule has 0 unspecified atom stereocenters. The van der Waals surface area contributed by atoms with Gasteiger partial charge in [-0.15, -0.1) is 0 Å². The summed E-state index contributed by atoms with van der Waals surface area (Å²) in [4.78, 5) is 4.33. The maximum atomic E-state index is 10.5. The number of ether oxygens (including phenoxy) is 1. The van der Waals surface area contributed by atoms with Crippen molar-refractivity contribution in [2.45, 2.75) is 27.4 Å². The first kappa shape index (κ1) is 27.0. The summed E-state index contributed by atoms with van der Waals surface area (Å²) in [5, 5.41) is 10.5. The van der Waals surface area contributed by atoms with Gasteiger partial charge < -0.3 is 19.6 Å². The number of aliphatic hydroxyl groups excluding tert-OH is 1. The van der Waals surface area contributed by atoms with Gasteiger partial charge in [-0.3, -0.25) is 0 Å². The predicted octanol–water partition coefficient (Wildman–Crippen LogP) is 9.02. The highest BCUT2D eigenvalue weighted by molar-refractivity contribution is 5.82. The van der Waals surface area contributed by atoms with Crippen molar-refractivity contribution in [1.82, 2.24) is 0 Å². The number of rotatable bonds is 8. The summed E-state index contributed by atoms with van der Waals surface area (Å²) in [6, 6.07) is 38.0. The molecule has 0 aliphatic heterocycles.